The molecule has 2 heterocycles. The first kappa shape index (κ1) is 13.4. The van der Waals surface area contributed by atoms with Crippen molar-refractivity contribution in [1.29, 1.82) is 0 Å². The van der Waals surface area contributed by atoms with Crippen LogP contribution in [0.25, 0.3) is 11.0 Å². The second-order valence-electron chi connectivity index (χ2n) is 4.96. The maximum absolute atomic E-state index is 10.7. The molecule has 0 saturated carbocycles. The minimum atomic E-state index is -0.390. The van der Waals surface area contributed by atoms with Crippen molar-refractivity contribution in [3.05, 3.63) is 28.3 Å². The Hall–Kier alpha value is -1.60. The molecule has 1 aromatic carbocycles. The van der Waals surface area contributed by atoms with Crippen molar-refractivity contribution < 1.29 is 4.92 Å². The number of fused-ring (bicyclic) bond motifs is 1. The first-order valence-corrected chi connectivity index (χ1v) is 7.71. The van der Waals surface area contributed by atoms with E-state index < -0.39 is 0 Å². The van der Waals surface area contributed by atoms with Crippen molar-refractivity contribution in [1.82, 2.24) is 15.3 Å². The fraction of sp³-hybridized carbons (Fsp3) is 0.462. The summed E-state index contributed by atoms with van der Waals surface area (Å²) >= 11 is 1.67. The number of H-pyrrole nitrogens is 1. The van der Waals surface area contributed by atoms with E-state index in [1.807, 2.05) is 0 Å². The first-order valence-electron chi connectivity index (χ1n) is 6.73. The van der Waals surface area contributed by atoms with Gasteiger partial charge in [-0.15, -0.1) is 0 Å². The fourth-order valence-electron chi connectivity index (χ4n) is 2.40. The molecule has 1 aliphatic rings. The standard InChI is InChI=1S/C13H16N4O2S/c18-17(19)10-4-5-11-12(7-10)16-13(15-11)20-8-9-3-1-2-6-14-9/h4-5,7,9,14H,1-3,6,8H2,(H,15,16). The van der Waals surface area contributed by atoms with Gasteiger partial charge in [0.05, 0.1) is 16.0 Å². The van der Waals surface area contributed by atoms with Crippen molar-refractivity contribution in [2.45, 2.75) is 30.5 Å². The molecule has 1 saturated heterocycles. The second-order valence-corrected chi connectivity index (χ2v) is 5.97. The number of hydrogen-bond donors (Lipinski definition) is 2. The van der Waals surface area contributed by atoms with Crippen molar-refractivity contribution >= 4 is 28.5 Å². The Kier molecular flexibility index (Phi) is 3.88. The zero-order valence-electron chi connectivity index (χ0n) is 11.0. The summed E-state index contributed by atoms with van der Waals surface area (Å²) in [4.78, 5) is 18.0. The molecular formula is C13H16N4O2S. The van der Waals surface area contributed by atoms with Gasteiger partial charge in [-0.05, 0) is 25.5 Å². The third-order valence-electron chi connectivity index (χ3n) is 3.49. The molecule has 1 aromatic heterocycles. The number of hydrogen-bond acceptors (Lipinski definition) is 5. The summed E-state index contributed by atoms with van der Waals surface area (Å²) in [7, 11) is 0. The van der Waals surface area contributed by atoms with Gasteiger partial charge < -0.3 is 10.3 Å². The molecule has 2 aromatic rings. The molecule has 20 heavy (non-hydrogen) atoms. The van der Waals surface area contributed by atoms with Crippen molar-refractivity contribution in [3.63, 3.8) is 0 Å². The number of thioether (sulfide) groups is 1. The Morgan fingerprint density at radius 2 is 2.35 bits per heavy atom. The van der Waals surface area contributed by atoms with Gasteiger partial charge in [-0.2, -0.15) is 0 Å². The maximum atomic E-state index is 10.7. The van der Waals surface area contributed by atoms with Gasteiger partial charge in [0.25, 0.3) is 5.69 Å². The summed E-state index contributed by atoms with van der Waals surface area (Å²) in [6, 6.07) is 5.25. The van der Waals surface area contributed by atoms with Crippen LogP contribution in [0.3, 0.4) is 0 Å². The highest BCUT2D eigenvalue weighted by Gasteiger charge is 2.14. The van der Waals surface area contributed by atoms with Crippen LogP contribution >= 0.6 is 11.8 Å². The van der Waals surface area contributed by atoms with Gasteiger partial charge in [-0.3, -0.25) is 10.1 Å². The van der Waals surface area contributed by atoms with E-state index in [0.29, 0.717) is 6.04 Å². The number of rotatable bonds is 4. The van der Waals surface area contributed by atoms with Crippen molar-refractivity contribution in [2.24, 2.45) is 0 Å². The van der Waals surface area contributed by atoms with Gasteiger partial charge in [0, 0.05) is 23.9 Å². The Labute approximate surface area is 120 Å². The Bertz CT molecular complexity index is 622. The molecule has 1 fully saturated rings. The maximum Gasteiger partial charge on any atom is 0.271 e. The third kappa shape index (κ3) is 2.94. The Balaban J connectivity index is 1.70. The van der Waals surface area contributed by atoms with Crippen molar-refractivity contribution in [3.8, 4) is 0 Å². The summed E-state index contributed by atoms with van der Waals surface area (Å²) in [5, 5.41) is 15.1. The van der Waals surface area contributed by atoms with E-state index in [1.165, 1.54) is 31.4 Å². The van der Waals surface area contributed by atoms with E-state index >= 15 is 0 Å². The molecule has 7 heteroatoms. The molecule has 0 aliphatic carbocycles. The molecular weight excluding hydrogens is 276 g/mol. The van der Waals surface area contributed by atoms with Crippen LogP contribution in [0.2, 0.25) is 0 Å². The van der Waals surface area contributed by atoms with Crippen LogP contribution in [0.15, 0.2) is 23.4 Å². The minimum Gasteiger partial charge on any atom is -0.333 e. The molecule has 106 valence electrons. The van der Waals surface area contributed by atoms with E-state index in [0.717, 1.165) is 28.5 Å². The van der Waals surface area contributed by atoms with Gasteiger partial charge in [0.15, 0.2) is 5.16 Å². The normalized spacial score (nSPS) is 19.3. The van der Waals surface area contributed by atoms with Gasteiger partial charge in [0.1, 0.15) is 0 Å². The predicted molar refractivity (Wildman–Crippen MR) is 79.1 cm³/mol. The average molecular weight is 292 g/mol. The number of nitrogens with one attached hydrogen (secondary N) is 2. The van der Waals surface area contributed by atoms with Crippen LogP contribution < -0.4 is 5.32 Å². The van der Waals surface area contributed by atoms with Crippen LogP contribution in [0.1, 0.15) is 19.3 Å². The largest absolute Gasteiger partial charge is 0.333 e. The number of piperidine rings is 1. The zero-order valence-corrected chi connectivity index (χ0v) is 11.8. The number of imidazole rings is 1. The fourth-order valence-corrected chi connectivity index (χ4v) is 3.39. The van der Waals surface area contributed by atoms with E-state index in [4.69, 9.17) is 0 Å². The van der Waals surface area contributed by atoms with Crippen LogP contribution in [-0.2, 0) is 0 Å². The molecule has 6 nitrogen and oxygen atoms in total. The molecule has 0 spiro atoms. The Morgan fingerprint density at radius 1 is 1.45 bits per heavy atom. The van der Waals surface area contributed by atoms with Crippen LogP contribution in [-0.4, -0.2) is 33.2 Å². The van der Waals surface area contributed by atoms with E-state index in [2.05, 4.69) is 15.3 Å². The smallest absolute Gasteiger partial charge is 0.271 e. The highest BCUT2D eigenvalue weighted by molar-refractivity contribution is 7.99. The van der Waals surface area contributed by atoms with Crippen LogP contribution in [0.4, 0.5) is 5.69 Å². The number of aromatic amines is 1. The summed E-state index contributed by atoms with van der Waals surface area (Å²) in [6.45, 7) is 1.09. The van der Waals surface area contributed by atoms with Crippen LogP contribution in [0, 0.1) is 10.1 Å². The topological polar surface area (TPSA) is 83.8 Å². The first-order chi connectivity index (χ1) is 9.72. The van der Waals surface area contributed by atoms with E-state index in [9.17, 15) is 10.1 Å². The van der Waals surface area contributed by atoms with Crippen LogP contribution in [0.5, 0.6) is 0 Å². The monoisotopic (exact) mass is 292 g/mol. The van der Waals surface area contributed by atoms with E-state index in [-0.39, 0.29) is 10.6 Å². The lowest BCUT2D eigenvalue weighted by molar-refractivity contribution is -0.384. The molecule has 0 radical (unpaired) electrons. The highest BCUT2D eigenvalue weighted by atomic mass is 32.2. The SMILES string of the molecule is O=[N+]([O-])c1ccc2nc(SCC3CCCCN3)[nH]c2c1. The lowest BCUT2D eigenvalue weighted by atomic mass is 10.1. The number of benzene rings is 1. The van der Waals surface area contributed by atoms with Crippen molar-refractivity contribution in [2.75, 3.05) is 12.3 Å². The van der Waals surface area contributed by atoms with Gasteiger partial charge in [-0.25, -0.2) is 4.98 Å². The molecule has 0 bridgehead atoms. The van der Waals surface area contributed by atoms with Gasteiger partial charge in [-0.1, -0.05) is 18.2 Å². The summed E-state index contributed by atoms with van der Waals surface area (Å²) in [5.41, 5.74) is 1.58. The Morgan fingerprint density at radius 3 is 3.10 bits per heavy atom. The number of nitrogens with zero attached hydrogens (tertiary/aromatic N) is 2. The van der Waals surface area contributed by atoms with E-state index in [1.54, 1.807) is 17.8 Å². The average Bonchev–Trinajstić information content (AvgIpc) is 2.88. The molecule has 2 N–H and O–H groups in total. The molecule has 0 amide bonds. The summed E-state index contributed by atoms with van der Waals surface area (Å²) in [6.07, 6.45) is 3.75. The molecule has 1 unspecified atom stereocenters. The number of aromatic nitrogens is 2. The minimum absolute atomic E-state index is 0.0895. The lowest BCUT2D eigenvalue weighted by Gasteiger charge is -2.22. The number of nitro benzene ring substituents is 1. The summed E-state index contributed by atoms with van der Waals surface area (Å²) in [5.74, 6) is 0.974. The molecule has 1 aliphatic heterocycles. The lowest BCUT2D eigenvalue weighted by Crippen LogP contribution is -2.35. The highest BCUT2D eigenvalue weighted by Crippen LogP contribution is 2.24. The van der Waals surface area contributed by atoms with Gasteiger partial charge >= 0.3 is 0 Å². The van der Waals surface area contributed by atoms with Gasteiger partial charge in [0.2, 0.25) is 0 Å². The predicted octanol–water partition coefficient (Wildman–Crippen LogP) is 2.71. The second kappa shape index (κ2) is 5.80. The third-order valence-corrected chi connectivity index (χ3v) is 4.52. The number of nitro groups is 1. The zero-order chi connectivity index (χ0) is 13.9. The molecule has 3 rings (SSSR count). The number of non-ortho nitro benzene ring substituents is 1. The quantitative estimate of drug-likeness (QED) is 0.514. The molecule has 1 atom stereocenters. The summed E-state index contributed by atoms with van der Waals surface area (Å²) < 4.78 is 0.